The average molecular weight is 334 g/mol. The summed E-state index contributed by atoms with van der Waals surface area (Å²) >= 11 is 0. The number of hydrogen-bond acceptors (Lipinski definition) is 3. The SMILES string of the molecule is CC(=O)Nc1cccc(C(=O)Nc2cnn(C)c2-c2ccccc2)c1. The molecule has 25 heavy (non-hydrogen) atoms. The number of rotatable bonds is 4. The van der Waals surface area contributed by atoms with E-state index in [1.807, 2.05) is 37.4 Å². The van der Waals surface area contributed by atoms with E-state index in [4.69, 9.17) is 0 Å². The van der Waals surface area contributed by atoms with Crippen molar-refractivity contribution >= 4 is 23.2 Å². The lowest BCUT2D eigenvalue weighted by molar-refractivity contribution is -0.114. The highest BCUT2D eigenvalue weighted by atomic mass is 16.2. The van der Waals surface area contributed by atoms with E-state index in [-0.39, 0.29) is 11.8 Å². The number of carbonyl (C=O) groups excluding carboxylic acids is 2. The number of nitrogens with one attached hydrogen (secondary N) is 2. The van der Waals surface area contributed by atoms with Crippen LogP contribution in [-0.4, -0.2) is 21.6 Å². The first-order valence-corrected chi connectivity index (χ1v) is 7.81. The van der Waals surface area contributed by atoms with E-state index >= 15 is 0 Å². The van der Waals surface area contributed by atoms with E-state index in [1.54, 1.807) is 35.1 Å². The molecule has 2 N–H and O–H groups in total. The monoisotopic (exact) mass is 334 g/mol. The summed E-state index contributed by atoms with van der Waals surface area (Å²) in [5, 5.41) is 9.80. The molecule has 0 spiro atoms. The number of aryl methyl sites for hydroxylation is 1. The van der Waals surface area contributed by atoms with Crippen molar-refractivity contribution < 1.29 is 9.59 Å². The van der Waals surface area contributed by atoms with E-state index in [0.717, 1.165) is 11.3 Å². The Morgan fingerprint density at radius 2 is 1.76 bits per heavy atom. The van der Waals surface area contributed by atoms with Crippen LogP contribution in [0.2, 0.25) is 0 Å². The summed E-state index contributed by atoms with van der Waals surface area (Å²) in [4.78, 5) is 23.8. The highest BCUT2D eigenvalue weighted by Crippen LogP contribution is 2.27. The Bertz CT molecular complexity index is 916. The molecule has 0 radical (unpaired) electrons. The van der Waals surface area contributed by atoms with Gasteiger partial charge in [-0.2, -0.15) is 5.10 Å². The van der Waals surface area contributed by atoms with Crippen molar-refractivity contribution in [2.45, 2.75) is 6.92 Å². The van der Waals surface area contributed by atoms with Gasteiger partial charge in [-0.05, 0) is 18.2 Å². The fourth-order valence-corrected chi connectivity index (χ4v) is 2.60. The Hall–Kier alpha value is -3.41. The van der Waals surface area contributed by atoms with Crippen molar-refractivity contribution in [1.29, 1.82) is 0 Å². The van der Waals surface area contributed by atoms with Gasteiger partial charge in [-0.15, -0.1) is 0 Å². The second-order valence-corrected chi connectivity index (χ2v) is 5.61. The lowest BCUT2D eigenvalue weighted by atomic mass is 10.1. The van der Waals surface area contributed by atoms with Crippen LogP contribution in [0.25, 0.3) is 11.3 Å². The van der Waals surface area contributed by atoms with Gasteiger partial charge in [0.25, 0.3) is 5.91 Å². The van der Waals surface area contributed by atoms with E-state index in [2.05, 4.69) is 15.7 Å². The molecule has 0 bridgehead atoms. The van der Waals surface area contributed by atoms with Crippen LogP contribution in [0.3, 0.4) is 0 Å². The number of carbonyl (C=O) groups is 2. The summed E-state index contributed by atoms with van der Waals surface area (Å²) in [6.45, 7) is 1.43. The summed E-state index contributed by atoms with van der Waals surface area (Å²) < 4.78 is 1.72. The Morgan fingerprint density at radius 3 is 2.48 bits per heavy atom. The smallest absolute Gasteiger partial charge is 0.255 e. The van der Waals surface area contributed by atoms with Crippen molar-refractivity contribution in [3.63, 3.8) is 0 Å². The van der Waals surface area contributed by atoms with E-state index in [0.29, 0.717) is 16.9 Å². The van der Waals surface area contributed by atoms with Gasteiger partial charge < -0.3 is 10.6 Å². The largest absolute Gasteiger partial charge is 0.326 e. The normalized spacial score (nSPS) is 10.3. The first-order chi connectivity index (χ1) is 12.0. The standard InChI is InChI=1S/C19H18N4O2/c1-13(24)21-16-10-6-9-15(11-16)19(25)22-17-12-20-23(2)18(17)14-7-4-3-5-8-14/h3-12H,1-2H3,(H,21,24)(H,22,25). The zero-order valence-corrected chi connectivity index (χ0v) is 14.0. The van der Waals surface area contributed by atoms with Crippen LogP contribution in [0.5, 0.6) is 0 Å². The molecule has 0 aliphatic rings. The topological polar surface area (TPSA) is 76.0 Å². The number of aromatic nitrogens is 2. The van der Waals surface area contributed by atoms with E-state index in [9.17, 15) is 9.59 Å². The minimum absolute atomic E-state index is 0.184. The third-order valence-corrected chi connectivity index (χ3v) is 3.68. The predicted molar refractivity (Wildman–Crippen MR) is 97.3 cm³/mol. The van der Waals surface area contributed by atoms with Gasteiger partial charge in [0.05, 0.1) is 17.6 Å². The van der Waals surface area contributed by atoms with E-state index < -0.39 is 0 Å². The molecule has 2 aromatic carbocycles. The highest BCUT2D eigenvalue weighted by Gasteiger charge is 2.14. The van der Waals surface area contributed by atoms with Crippen molar-refractivity contribution in [1.82, 2.24) is 9.78 Å². The second-order valence-electron chi connectivity index (χ2n) is 5.61. The number of nitrogens with zero attached hydrogens (tertiary/aromatic N) is 2. The van der Waals surface area contributed by atoms with Crippen molar-refractivity contribution in [3.05, 3.63) is 66.4 Å². The molecule has 0 aliphatic carbocycles. The van der Waals surface area contributed by atoms with Crippen LogP contribution < -0.4 is 10.6 Å². The minimum Gasteiger partial charge on any atom is -0.326 e. The lowest BCUT2D eigenvalue weighted by Crippen LogP contribution is -2.13. The quantitative estimate of drug-likeness (QED) is 0.768. The average Bonchev–Trinajstić information content (AvgIpc) is 2.95. The molecular weight excluding hydrogens is 316 g/mol. The predicted octanol–water partition coefficient (Wildman–Crippen LogP) is 3.30. The van der Waals surface area contributed by atoms with Gasteiger partial charge in [-0.3, -0.25) is 14.3 Å². The first kappa shape index (κ1) is 16.4. The molecule has 3 aromatic rings. The number of amides is 2. The molecular formula is C19H18N4O2. The van der Waals surface area contributed by atoms with Gasteiger partial charge in [0.15, 0.2) is 0 Å². The lowest BCUT2D eigenvalue weighted by Gasteiger charge is -2.09. The molecule has 6 nitrogen and oxygen atoms in total. The number of anilines is 2. The molecule has 0 atom stereocenters. The fourth-order valence-electron chi connectivity index (χ4n) is 2.60. The van der Waals surface area contributed by atoms with Crippen LogP contribution in [0.1, 0.15) is 17.3 Å². The van der Waals surface area contributed by atoms with Gasteiger partial charge in [0.1, 0.15) is 0 Å². The maximum absolute atomic E-state index is 12.6. The molecule has 3 rings (SSSR count). The van der Waals surface area contributed by atoms with Crippen LogP contribution in [0.15, 0.2) is 60.8 Å². The van der Waals surface area contributed by atoms with Crippen molar-refractivity contribution in [2.24, 2.45) is 7.05 Å². The molecule has 2 amide bonds. The molecule has 6 heteroatoms. The van der Waals surface area contributed by atoms with Gasteiger partial charge >= 0.3 is 0 Å². The van der Waals surface area contributed by atoms with Crippen LogP contribution in [-0.2, 0) is 11.8 Å². The summed E-state index contributed by atoms with van der Waals surface area (Å²) in [7, 11) is 1.83. The Morgan fingerprint density at radius 1 is 1.00 bits per heavy atom. The summed E-state index contributed by atoms with van der Waals surface area (Å²) in [6.07, 6.45) is 1.62. The third kappa shape index (κ3) is 3.74. The third-order valence-electron chi connectivity index (χ3n) is 3.68. The first-order valence-electron chi connectivity index (χ1n) is 7.81. The fraction of sp³-hybridized carbons (Fsp3) is 0.105. The minimum atomic E-state index is -0.266. The molecule has 126 valence electrons. The Balaban J connectivity index is 1.86. The van der Waals surface area contributed by atoms with Crippen LogP contribution in [0, 0.1) is 0 Å². The van der Waals surface area contributed by atoms with Crippen LogP contribution in [0.4, 0.5) is 11.4 Å². The molecule has 1 heterocycles. The molecule has 0 saturated carbocycles. The zero-order chi connectivity index (χ0) is 17.8. The van der Waals surface area contributed by atoms with Crippen molar-refractivity contribution in [3.8, 4) is 11.3 Å². The zero-order valence-electron chi connectivity index (χ0n) is 14.0. The molecule has 0 fully saturated rings. The number of benzene rings is 2. The van der Waals surface area contributed by atoms with Gasteiger partial charge in [-0.25, -0.2) is 0 Å². The van der Waals surface area contributed by atoms with Crippen LogP contribution >= 0.6 is 0 Å². The molecule has 0 saturated heterocycles. The summed E-state index contributed by atoms with van der Waals surface area (Å²) in [6, 6.07) is 16.5. The number of hydrogen-bond donors (Lipinski definition) is 2. The van der Waals surface area contributed by atoms with Gasteiger partial charge in [0, 0.05) is 30.8 Å². The molecule has 1 aromatic heterocycles. The summed E-state index contributed by atoms with van der Waals surface area (Å²) in [5.74, 6) is -0.450. The maximum Gasteiger partial charge on any atom is 0.255 e. The highest BCUT2D eigenvalue weighted by molar-refractivity contribution is 6.06. The second kappa shape index (κ2) is 7.00. The van der Waals surface area contributed by atoms with Crippen molar-refractivity contribution in [2.75, 3.05) is 10.6 Å². The van der Waals surface area contributed by atoms with Gasteiger partial charge in [-0.1, -0.05) is 36.4 Å². The van der Waals surface area contributed by atoms with E-state index in [1.165, 1.54) is 6.92 Å². The Labute approximate surface area is 145 Å². The maximum atomic E-state index is 12.6. The molecule has 0 unspecified atom stereocenters. The summed E-state index contributed by atoms with van der Waals surface area (Å²) in [5.41, 5.74) is 3.45. The molecule has 0 aliphatic heterocycles. The Kier molecular flexibility index (Phi) is 4.61. The van der Waals surface area contributed by atoms with Gasteiger partial charge in [0.2, 0.25) is 5.91 Å².